The number of hydrogen-bond acceptors (Lipinski definition) is 3. The second-order valence-corrected chi connectivity index (χ2v) is 6.05. The first kappa shape index (κ1) is 17.3. The molecule has 0 saturated carbocycles. The molecule has 0 aliphatic carbocycles. The molecular weight excluding hydrogens is 264 g/mol. The van der Waals surface area contributed by atoms with Gasteiger partial charge in [0.25, 0.3) is 5.91 Å². The van der Waals surface area contributed by atoms with E-state index in [-0.39, 0.29) is 5.91 Å². The molecule has 3 N–H and O–H groups in total. The van der Waals surface area contributed by atoms with Crippen LogP contribution in [-0.4, -0.2) is 19.1 Å². The molecule has 1 aromatic rings. The normalized spacial score (nSPS) is 11.2. The molecule has 0 fully saturated rings. The summed E-state index contributed by atoms with van der Waals surface area (Å²) in [5.74, 6) is 2.08. The molecule has 0 unspecified atom stereocenters. The lowest BCUT2D eigenvalue weighted by atomic mass is 9.85. The molecule has 0 radical (unpaired) electrons. The third-order valence-corrected chi connectivity index (χ3v) is 3.78. The molecule has 0 aliphatic rings. The Balaban J connectivity index is 2.69. The molecular formula is C17H28N2O2. The Morgan fingerprint density at radius 1 is 1.24 bits per heavy atom. The summed E-state index contributed by atoms with van der Waals surface area (Å²) in [7, 11) is 0. The van der Waals surface area contributed by atoms with Gasteiger partial charge < -0.3 is 15.8 Å². The van der Waals surface area contributed by atoms with E-state index < -0.39 is 0 Å². The van der Waals surface area contributed by atoms with Gasteiger partial charge in [0, 0.05) is 12.1 Å². The largest absolute Gasteiger partial charge is 0.492 e. The number of benzene rings is 1. The standard InChI is InChI=1S/C17H28N2O2/c1-6-21-16-8-7-13(9-15(16)18)17(20)19-10-14(11(2)3)12(4)5/h7-9,11-12,14H,6,10,18H2,1-5H3,(H,19,20). The number of amides is 1. The van der Waals surface area contributed by atoms with E-state index in [0.29, 0.717) is 47.9 Å². The zero-order chi connectivity index (χ0) is 16.0. The molecule has 0 atom stereocenters. The van der Waals surface area contributed by atoms with Crippen molar-refractivity contribution >= 4 is 11.6 Å². The Labute approximate surface area is 128 Å². The molecule has 1 amide bonds. The summed E-state index contributed by atoms with van der Waals surface area (Å²) in [5, 5.41) is 3.01. The number of nitrogen functional groups attached to an aromatic ring is 1. The number of anilines is 1. The minimum Gasteiger partial charge on any atom is -0.492 e. The van der Waals surface area contributed by atoms with Gasteiger partial charge in [-0.25, -0.2) is 0 Å². The predicted octanol–water partition coefficient (Wildman–Crippen LogP) is 3.33. The van der Waals surface area contributed by atoms with Crippen LogP contribution in [0.3, 0.4) is 0 Å². The van der Waals surface area contributed by atoms with Crippen molar-refractivity contribution in [3.05, 3.63) is 23.8 Å². The number of carbonyl (C=O) groups is 1. The minimum atomic E-state index is -0.0870. The molecule has 0 aliphatic heterocycles. The van der Waals surface area contributed by atoms with Crippen LogP contribution in [0.4, 0.5) is 5.69 Å². The Bertz CT molecular complexity index is 462. The monoisotopic (exact) mass is 292 g/mol. The van der Waals surface area contributed by atoms with Crippen molar-refractivity contribution in [3.8, 4) is 5.75 Å². The van der Waals surface area contributed by atoms with Crippen LogP contribution < -0.4 is 15.8 Å². The van der Waals surface area contributed by atoms with Crippen LogP contribution >= 0.6 is 0 Å². The van der Waals surface area contributed by atoms with E-state index in [4.69, 9.17) is 10.5 Å². The van der Waals surface area contributed by atoms with Gasteiger partial charge in [-0.15, -0.1) is 0 Å². The molecule has 0 saturated heterocycles. The average molecular weight is 292 g/mol. The van der Waals surface area contributed by atoms with Crippen LogP contribution in [0.1, 0.15) is 45.0 Å². The number of rotatable bonds is 7. The van der Waals surface area contributed by atoms with Crippen LogP contribution in [0.2, 0.25) is 0 Å². The fourth-order valence-electron chi connectivity index (χ4n) is 2.53. The summed E-state index contributed by atoms with van der Waals surface area (Å²) in [5.41, 5.74) is 6.96. The van der Waals surface area contributed by atoms with Gasteiger partial charge in [0.15, 0.2) is 0 Å². The lowest BCUT2D eigenvalue weighted by molar-refractivity contribution is 0.0937. The Morgan fingerprint density at radius 2 is 1.86 bits per heavy atom. The average Bonchev–Trinajstić information content (AvgIpc) is 2.40. The van der Waals surface area contributed by atoms with E-state index in [0.717, 1.165) is 0 Å². The maximum absolute atomic E-state index is 12.2. The maximum atomic E-state index is 12.2. The Morgan fingerprint density at radius 3 is 2.33 bits per heavy atom. The summed E-state index contributed by atoms with van der Waals surface area (Å²) < 4.78 is 5.38. The topological polar surface area (TPSA) is 64.3 Å². The number of nitrogens with two attached hydrogens (primary N) is 1. The van der Waals surface area contributed by atoms with Crippen LogP contribution in [0.5, 0.6) is 5.75 Å². The highest BCUT2D eigenvalue weighted by molar-refractivity contribution is 5.95. The van der Waals surface area contributed by atoms with Gasteiger partial charge in [-0.05, 0) is 42.9 Å². The van der Waals surface area contributed by atoms with E-state index >= 15 is 0 Å². The number of ether oxygens (including phenoxy) is 1. The third kappa shape index (κ3) is 4.96. The Hall–Kier alpha value is -1.71. The van der Waals surface area contributed by atoms with E-state index in [9.17, 15) is 4.79 Å². The van der Waals surface area contributed by atoms with Gasteiger partial charge in [-0.1, -0.05) is 27.7 Å². The van der Waals surface area contributed by atoms with Gasteiger partial charge in [-0.3, -0.25) is 4.79 Å². The van der Waals surface area contributed by atoms with E-state index in [2.05, 4.69) is 33.0 Å². The first-order valence-electron chi connectivity index (χ1n) is 7.67. The zero-order valence-electron chi connectivity index (χ0n) is 13.8. The molecule has 118 valence electrons. The second-order valence-electron chi connectivity index (χ2n) is 6.05. The highest BCUT2D eigenvalue weighted by Gasteiger charge is 2.18. The van der Waals surface area contributed by atoms with E-state index in [1.54, 1.807) is 18.2 Å². The summed E-state index contributed by atoms with van der Waals surface area (Å²) in [6.07, 6.45) is 0. The molecule has 21 heavy (non-hydrogen) atoms. The first-order valence-corrected chi connectivity index (χ1v) is 7.67. The van der Waals surface area contributed by atoms with Crippen molar-refractivity contribution in [3.63, 3.8) is 0 Å². The lowest BCUT2D eigenvalue weighted by Gasteiger charge is -2.25. The predicted molar refractivity (Wildman–Crippen MR) is 87.5 cm³/mol. The molecule has 1 rings (SSSR count). The maximum Gasteiger partial charge on any atom is 0.251 e. The highest BCUT2D eigenvalue weighted by atomic mass is 16.5. The van der Waals surface area contributed by atoms with Gasteiger partial charge in [0.1, 0.15) is 5.75 Å². The molecule has 1 aromatic carbocycles. The van der Waals surface area contributed by atoms with Gasteiger partial charge in [0.05, 0.1) is 12.3 Å². The summed E-state index contributed by atoms with van der Waals surface area (Å²) in [6.45, 7) is 11.9. The summed E-state index contributed by atoms with van der Waals surface area (Å²) in [6, 6.07) is 5.16. The SMILES string of the molecule is CCOc1ccc(C(=O)NCC(C(C)C)C(C)C)cc1N. The zero-order valence-corrected chi connectivity index (χ0v) is 13.8. The molecule has 0 bridgehead atoms. The van der Waals surface area contributed by atoms with Crippen molar-refractivity contribution in [1.29, 1.82) is 0 Å². The molecule has 4 heteroatoms. The van der Waals surface area contributed by atoms with Crippen LogP contribution in [0.25, 0.3) is 0 Å². The van der Waals surface area contributed by atoms with Gasteiger partial charge in [-0.2, -0.15) is 0 Å². The van der Waals surface area contributed by atoms with E-state index in [1.165, 1.54) is 0 Å². The van der Waals surface area contributed by atoms with Crippen LogP contribution in [0, 0.1) is 17.8 Å². The number of hydrogen-bond donors (Lipinski definition) is 2. The number of nitrogens with one attached hydrogen (secondary N) is 1. The smallest absolute Gasteiger partial charge is 0.251 e. The minimum absolute atomic E-state index is 0.0870. The Kier molecular flexibility index (Phi) is 6.53. The van der Waals surface area contributed by atoms with Gasteiger partial charge >= 0.3 is 0 Å². The second kappa shape index (κ2) is 7.91. The molecule has 0 heterocycles. The quantitative estimate of drug-likeness (QED) is 0.758. The molecule has 0 spiro atoms. The van der Waals surface area contributed by atoms with Crippen LogP contribution in [-0.2, 0) is 0 Å². The summed E-state index contributed by atoms with van der Waals surface area (Å²) in [4.78, 5) is 12.2. The number of carbonyl (C=O) groups excluding carboxylic acids is 1. The third-order valence-electron chi connectivity index (χ3n) is 3.78. The fraction of sp³-hybridized carbons (Fsp3) is 0.588. The first-order chi connectivity index (χ1) is 9.86. The van der Waals surface area contributed by atoms with E-state index in [1.807, 2.05) is 6.92 Å². The fourth-order valence-corrected chi connectivity index (χ4v) is 2.53. The summed E-state index contributed by atoms with van der Waals surface area (Å²) >= 11 is 0. The van der Waals surface area contributed by atoms with Crippen LogP contribution in [0.15, 0.2) is 18.2 Å². The van der Waals surface area contributed by atoms with Crippen molar-refractivity contribution in [2.75, 3.05) is 18.9 Å². The van der Waals surface area contributed by atoms with Crippen molar-refractivity contribution in [2.45, 2.75) is 34.6 Å². The van der Waals surface area contributed by atoms with Crippen molar-refractivity contribution in [1.82, 2.24) is 5.32 Å². The van der Waals surface area contributed by atoms with Crippen molar-refractivity contribution in [2.24, 2.45) is 17.8 Å². The van der Waals surface area contributed by atoms with Crippen molar-refractivity contribution < 1.29 is 9.53 Å². The highest BCUT2D eigenvalue weighted by Crippen LogP contribution is 2.23. The molecule has 4 nitrogen and oxygen atoms in total. The molecule has 0 aromatic heterocycles. The van der Waals surface area contributed by atoms with Gasteiger partial charge in [0.2, 0.25) is 0 Å². The lowest BCUT2D eigenvalue weighted by Crippen LogP contribution is -2.33.